The SMILES string of the molecule is CCNCc1cc(COc2cc(Cl)cc(Cl)c2)oc1C. The van der Waals surface area contributed by atoms with Gasteiger partial charge in [-0.25, -0.2) is 0 Å². The Morgan fingerprint density at radius 3 is 2.50 bits per heavy atom. The van der Waals surface area contributed by atoms with Crippen LogP contribution in [0.25, 0.3) is 0 Å². The molecule has 2 rings (SSSR count). The second-order valence-corrected chi connectivity index (χ2v) is 5.34. The molecular weight excluding hydrogens is 297 g/mol. The Morgan fingerprint density at radius 2 is 1.85 bits per heavy atom. The molecule has 0 saturated heterocycles. The molecule has 0 aliphatic heterocycles. The van der Waals surface area contributed by atoms with Gasteiger partial charge in [-0.1, -0.05) is 30.1 Å². The van der Waals surface area contributed by atoms with E-state index in [1.54, 1.807) is 18.2 Å². The van der Waals surface area contributed by atoms with Crippen molar-refractivity contribution in [2.24, 2.45) is 0 Å². The summed E-state index contributed by atoms with van der Waals surface area (Å²) in [5.74, 6) is 2.32. The highest BCUT2D eigenvalue weighted by Gasteiger charge is 2.08. The molecule has 0 saturated carbocycles. The highest BCUT2D eigenvalue weighted by Crippen LogP contribution is 2.25. The molecule has 3 nitrogen and oxygen atoms in total. The van der Waals surface area contributed by atoms with Gasteiger partial charge in [-0.15, -0.1) is 0 Å². The Hall–Kier alpha value is -1.16. The second kappa shape index (κ2) is 7.02. The highest BCUT2D eigenvalue weighted by atomic mass is 35.5. The summed E-state index contributed by atoms with van der Waals surface area (Å²) < 4.78 is 11.3. The van der Waals surface area contributed by atoms with Crippen molar-refractivity contribution in [1.82, 2.24) is 5.32 Å². The van der Waals surface area contributed by atoms with Crippen molar-refractivity contribution < 1.29 is 9.15 Å². The number of ether oxygens (including phenoxy) is 1. The number of rotatable bonds is 6. The predicted octanol–water partition coefficient (Wildman–Crippen LogP) is 4.58. The van der Waals surface area contributed by atoms with Crippen molar-refractivity contribution in [1.29, 1.82) is 0 Å². The van der Waals surface area contributed by atoms with Crippen molar-refractivity contribution in [3.63, 3.8) is 0 Å². The van der Waals surface area contributed by atoms with E-state index in [0.717, 1.165) is 30.2 Å². The quantitative estimate of drug-likeness (QED) is 0.847. The Bertz CT molecular complexity index is 561. The van der Waals surface area contributed by atoms with Crippen LogP contribution >= 0.6 is 23.2 Å². The van der Waals surface area contributed by atoms with E-state index in [1.165, 1.54) is 0 Å². The minimum Gasteiger partial charge on any atom is -0.486 e. The zero-order valence-corrected chi connectivity index (χ0v) is 13.0. The van der Waals surface area contributed by atoms with Crippen LogP contribution in [0, 0.1) is 6.92 Å². The third-order valence-corrected chi connectivity index (χ3v) is 3.29. The summed E-state index contributed by atoms with van der Waals surface area (Å²) in [5.41, 5.74) is 1.15. The lowest BCUT2D eigenvalue weighted by Crippen LogP contribution is -2.11. The topological polar surface area (TPSA) is 34.4 Å². The number of benzene rings is 1. The van der Waals surface area contributed by atoms with Crippen molar-refractivity contribution >= 4 is 23.2 Å². The van der Waals surface area contributed by atoms with Gasteiger partial charge in [0.25, 0.3) is 0 Å². The van der Waals surface area contributed by atoms with Gasteiger partial charge in [-0.05, 0) is 37.7 Å². The Balaban J connectivity index is 2.00. The Labute approximate surface area is 128 Å². The summed E-state index contributed by atoms with van der Waals surface area (Å²) in [6, 6.07) is 7.12. The van der Waals surface area contributed by atoms with Gasteiger partial charge >= 0.3 is 0 Å². The zero-order valence-electron chi connectivity index (χ0n) is 11.5. The normalized spacial score (nSPS) is 10.8. The third-order valence-electron chi connectivity index (χ3n) is 2.85. The molecule has 0 fully saturated rings. The van der Waals surface area contributed by atoms with Crippen LogP contribution in [-0.4, -0.2) is 6.54 Å². The van der Waals surface area contributed by atoms with E-state index >= 15 is 0 Å². The first kappa shape index (κ1) is 15.2. The Kier molecular flexibility index (Phi) is 5.35. The van der Waals surface area contributed by atoms with Crippen molar-refractivity contribution in [3.05, 3.63) is 51.4 Å². The summed E-state index contributed by atoms with van der Waals surface area (Å²) in [4.78, 5) is 0. The van der Waals surface area contributed by atoms with E-state index in [4.69, 9.17) is 32.4 Å². The van der Waals surface area contributed by atoms with Crippen LogP contribution in [0.15, 0.2) is 28.7 Å². The lowest BCUT2D eigenvalue weighted by molar-refractivity contribution is 0.267. The lowest BCUT2D eigenvalue weighted by atomic mass is 10.2. The number of hydrogen-bond donors (Lipinski definition) is 1. The second-order valence-electron chi connectivity index (χ2n) is 4.47. The fraction of sp³-hybridized carbons (Fsp3) is 0.333. The van der Waals surface area contributed by atoms with Crippen LogP contribution in [0.5, 0.6) is 5.75 Å². The molecule has 1 N–H and O–H groups in total. The van der Waals surface area contributed by atoms with Crippen molar-refractivity contribution in [3.8, 4) is 5.75 Å². The lowest BCUT2D eigenvalue weighted by Gasteiger charge is -2.05. The van der Waals surface area contributed by atoms with Crippen LogP contribution in [0.4, 0.5) is 0 Å². The maximum atomic E-state index is 5.92. The molecule has 1 heterocycles. The smallest absolute Gasteiger partial charge is 0.146 e. The van der Waals surface area contributed by atoms with Crippen LogP contribution in [-0.2, 0) is 13.2 Å². The third kappa shape index (κ3) is 4.17. The van der Waals surface area contributed by atoms with Gasteiger partial charge in [0, 0.05) is 22.2 Å². The molecular formula is C15H17Cl2NO2. The fourth-order valence-corrected chi connectivity index (χ4v) is 2.37. The predicted molar refractivity (Wildman–Crippen MR) is 81.6 cm³/mol. The molecule has 20 heavy (non-hydrogen) atoms. The molecule has 0 unspecified atom stereocenters. The molecule has 108 valence electrons. The van der Waals surface area contributed by atoms with Crippen molar-refractivity contribution in [2.45, 2.75) is 27.0 Å². The van der Waals surface area contributed by atoms with Crippen molar-refractivity contribution in [2.75, 3.05) is 6.54 Å². The number of hydrogen-bond acceptors (Lipinski definition) is 3. The summed E-state index contributed by atoms with van der Waals surface area (Å²) in [7, 11) is 0. The summed E-state index contributed by atoms with van der Waals surface area (Å²) in [6.45, 7) is 6.10. The monoisotopic (exact) mass is 313 g/mol. The van der Waals surface area contributed by atoms with Gasteiger partial charge in [-0.3, -0.25) is 0 Å². The van der Waals surface area contributed by atoms with E-state index in [9.17, 15) is 0 Å². The van der Waals surface area contributed by atoms with Crippen LogP contribution < -0.4 is 10.1 Å². The average molecular weight is 314 g/mol. The molecule has 0 aliphatic carbocycles. The van der Waals surface area contributed by atoms with Crippen LogP contribution in [0.2, 0.25) is 10.0 Å². The van der Waals surface area contributed by atoms with E-state index in [2.05, 4.69) is 12.2 Å². The molecule has 0 spiro atoms. The molecule has 0 aliphatic rings. The van der Waals surface area contributed by atoms with E-state index in [-0.39, 0.29) is 0 Å². The first-order valence-electron chi connectivity index (χ1n) is 6.46. The molecule has 0 amide bonds. The van der Waals surface area contributed by atoms with Gasteiger partial charge in [0.2, 0.25) is 0 Å². The summed E-state index contributed by atoms with van der Waals surface area (Å²) in [5, 5.41) is 4.38. The average Bonchev–Trinajstić information content (AvgIpc) is 2.73. The van der Waals surface area contributed by atoms with E-state index in [1.807, 2.05) is 13.0 Å². The molecule has 1 aromatic heterocycles. The Morgan fingerprint density at radius 1 is 1.15 bits per heavy atom. The largest absolute Gasteiger partial charge is 0.486 e. The molecule has 2 aromatic rings. The number of halogens is 2. The van der Waals surface area contributed by atoms with Gasteiger partial charge in [0.15, 0.2) is 0 Å². The van der Waals surface area contributed by atoms with Gasteiger partial charge in [0.05, 0.1) is 0 Å². The van der Waals surface area contributed by atoms with Crippen LogP contribution in [0.3, 0.4) is 0 Å². The summed E-state index contributed by atoms with van der Waals surface area (Å²) in [6.07, 6.45) is 0. The van der Waals surface area contributed by atoms with E-state index in [0.29, 0.717) is 22.4 Å². The van der Waals surface area contributed by atoms with E-state index < -0.39 is 0 Å². The molecule has 1 aromatic carbocycles. The molecule has 5 heteroatoms. The minimum absolute atomic E-state index is 0.351. The van der Waals surface area contributed by atoms with Gasteiger partial charge in [0.1, 0.15) is 23.9 Å². The maximum Gasteiger partial charge on any atom is 0.146 e. The number of furan rings is 1. The van der Waals surface area contributed by atoms with Crippen LogP contribution in [0.1, 0.15) is 24.0 Å². The highest BCUT2D eigenvalue weighted by molar-refractivity contribution is 6.34. The van der Waals surface area contributed by atoms with Gasteiger partial charge < -0.3 is 14.5 Å². The molecule has 0 bridgehead atoms. The minimum atomic E-state index is 0.351. The molecule has 0 radical (unpaired) electrons. The zero-order chi connectivity index (χ0) is 14.5. The van der Waals surface area contributed by atoms with Gasteiger partial charge in [-0.2, -0.15) is 0 Å². The fourth-order valence-electron chi connectivity index (χ4n) is 1.86. The molecule has 0 atom stereocenters. The number of aryl methyl sites for hydroxylation is 1. The standard InChI is InChI=1S/C15H17Cl2NO2/c1-3-18-8-11-4-15(20-10(11)2)9-19-14-6-12(16)5-13(17)7-14/h4-7,18H,3,8-9H2,1-2H3. The first-order chi connectivity index (χ1) is 9.58. The summed E-state index contributed by atoms with van der Waals surface area (Å²) >= 11 is 11.8. The number of nitrogens with one attached hydrogen (secondary N) is 1. The first-order valence-corrected chi connectivity index (χ1v) is 7.22. The maximum absolute atomic E-state index is 5.92.